The third-order valence-electron chi connectivity index (χ3n) is 6.23. The van der Waals surface area contributed by atoms with Crippen molar-refractivity contribution < 1.29 is 14.0 Å². The Hall–Kier alpha value is -2.83. The first kappa shape index (κ1) is 21.4. The van der Waals surface area contributed by atoms with Crippen LogP contribution in [-0.4, -0.2) is 39.8 Å². The molecule has 0 spiro atoms. The Morgan fingerprint density at radius 3 is 2.74 bits per heavy atom. The fourth-order valence-electron chi connectivity index (χ4n) is 4.50. The van der Waals surface area contributed by atoms with E-state index >= 15 is 0 Å². The average molecular weight is 425 g/mol. The molecule has 0 N–H and O–H groups in total. The molecule has 1 atom stereocenters. The van der Waals surface area contributed by atoms with E-state index in [1.54, 1.807) is 23.1 Å². The number of anilines is 1. The molecule has 7 heteroatoms. The molecule has 0 aliphatic carbocycles. The predicted octanol–water partition coefficient (Wildman–Crippen LogP) is 3.77. The van der Waals surface area contributed by atoms with Gasteiger partial charge < -0.3 is 4.90 Å². The largest absolute Gasteiger partial charge is 0.342 e. The number of aryl methyl sites for hydroxylation is 1. The molecule has 0 radical (unpaired) electrons. The Bertz CT molecular complexity index is 1010. The summed E-state index contributed by atoms with van der Waals surface area (Å²) in [5.41, 5.74) is 2.27. The summed E-state index contributed by atoms with van der Waals surface area (Å²) in [6.07, 6.45) is 2.77. The molecule has 31 heavy (non-hydrogen) atoms. The van der Waals surface area contributed by atoms with Gasteiger partial charge in [0, 0.05) is 48.2 Å². The third-order valence-corrected chi connectivity index (χ3v) is 6.23. The summed E-state index contributed by atoms with van der Waals surface area (Å²) in [5, 5.41) is 0. The number of fused-ring (bicyclic) bond motifs is 1. The maximum atomic E-state index is 14.3. The smallest absolute Gasteiger partial charge is 0.228 e. The van der Waals surface area contributed by atoms with Crippen LogP contribution >= 0.6 is 0 Å². The molecule has 1 aromatic heterocycles. The molecule has 0 bridgehead atoms. The Labute approximate surface area is 182 Å². The summed E-state index contributed by atoms with van der Waals surface area (Å²) in [7, 11) is 0. The standard InChI is InChI=1S/C24H29FN4O2/c1-15(2)24(31)28-12-6-8-18(13-28)22-26-16(3)19-10-11-21(30)29(23(19)27-22)14-17-7-4-5-9-20(17)25/h4-5,7,9,15,18H,6,8,10-14H2,1-3H3. The number of likely N-dealkylation sites (tertiary alicyclic amines) is 1. The number of amides is 2. The second-order valence-electron chi connectivity index (χ2n) is 8.82. The summed E-state index contributed by atoms with van der Waals surface area (Å²) in [5.74, 6) is 1.02. The zero-order chi connectivity index (χ0) is 22.1. The minimum absolute atomic E-state index is 0.0350. The van der Waals surface area contributed by atoms with Gasteiger partial charge in [0.25, 0.3) is 0 Å². The fourth-order valence-corrected chi connectivity index (χ4v) is 4.50. The molecule has 2 aromatic rings. The molecule has 2 amide bonds. The van der Waals surface area contributed by atoms with E-state index in [1.165, 1.54) is 6.07 Å². The van der Waals surface area contributed by atoms with Gasteiger partial charge in [0.15, 0.2) is 0 Å². The predicted molar refractivity (Wildman–Crippen MR) is 116 cm³/mol. The van der Waals surface area contributed by atoms with Crippen LogP contribution in [0, 0.1) is 18.7 Å². The lowest BCUT2D eigenvalue weighted by Gasteiger charge is -2.34. The first-order chi connectivity index (χ1) is 14.8. The van der Waals surface area contributed by atoms with Crippen LogP contribution in [0.3, 0.4) is 0 Å². The number of halogens is 1. The Balaban J connectivity index is 1.66. The first-order valence-corrected chi connectivity index (χ1v) is 11.0. The van der Waals surface area contributed by atoms with Crippen LogP contribution in [0.5, 0.6) is 0 Å². The number of piperidine rings is 1. The highest BCUT2D eigenvalue weighted by Gasteiger charge is 2.32. The van der Waals surface area contributed by atoms with Crippen molar-refractivity contribution in [2.75, 3.05) is 18.0 Å². The van der Waals surface area contributed by atoms with E-state index < -0.39 is 0 Å². The second-order valence-corrected chi connectivity index (χ2v) is 8.82. The van der Waals surface area contributed by atoms with Crippen molar-refractivity contribution in [2.24, 2.45) is 5.92 Å². The Kier molecular flexibility index (Phi) is 6.03. The lowest BCUT2D eigenvalue weighted by Crippen LogP contribution is -2.42. The normalized spacial score (nSPS) is 19.0. The molecule has 2 aliphatic rings. The zero-order valence-electron chi connectivity index (χ0n) is 18.4. The summed E-state index contributed by atoms with van der Waals surface area (Å²) in [6.45, 7) is 7.28. The molecule has 164 valence electrons. The maximum Gasteiger partial charge on any atom is 0.228 e. The topological polar surface area (TPSA) is 66.4 Å². The van der Waals surface area contributed by atoms with Gasteiger partial charge in [-0.15, -0.1) is 0 Å². The first-order valence-electron chi connectivity index (χ1n) is 11.0. The Morgan fingerprint density at radius 2 is 2.00 bits per heavy atom. The molecule has 3 heterocycles. The van der Waals surface area contributed by atoms with Crippen LogP contribution in [0.2, 0.25) is 0 Å². The molecule has 2 aliphatic heterocycles. The number of hydrogen-bond acceptors (Lipinski definition) is 4. The van der Waals surface area contributed by atoms with Crippen molar-refractivity contribution in [3.05, 3.63) is 52.7 Å². The van der Waals surface area contributed by atoms with E-state index in [4.69, 9.17) is 9.97 Å². The number of carbonyl (C=O) groups is 2. The van der Waals surface area contributed by atoms with Crippen molar-refractivity contribution in [3.63, 3.8) is 0 Å². The number of aromatic nitrogens is 2. The fraction of sp³-hybridized carbons (Fsp3) is 0.500. The van der Waals surface area contributed by atoms with Crippen molar-refractivity contribution in [2.45, 2.75) is 58.9 Å². The number of rotatable bonds is 4. The zero-order valence-corrected chi connectivity index (χ0v) is 18.4. The lowest BCUT2D eigenvalue weighted by molar-refractivity contribution is -0.135. The maximum absolute atomic E-state index is 14.3. The van der Waals surface area contributed by atoms with E-state index in [0.717, 1.165) is 30.6 Å². The van der Waals surface area contributed by atoms with Crippen molar-refractivity contribution in [1.82, 2.24) is 14.9 Å². The van der Waals surface area contributed by atoms with Crippen LogP contribution < -0.4 is 4.90 Å². The summed E-state index contributed by atoms with van der Waals surface area (Å²) in [6, 6.07) is 6.52. The molecule has 1 saturated heterocycles. The number of hydrogen-bond donors (Lipinski definition) is 0. The average Bonchev–Trinajstić information content (AvgIpc) is 2.76. The van der Waals surface area contributed by atoms with Gasteiger partial charge in [-0.25, -0.2) is 14.4 Å². The van der Waals surface area contributed by atoms with Crippen LogP contribution in [0.25, 0.3) is 0 Å². The molecule has 1 unspecified atom stereocenters. The van der Waals surface area contributed by atoms with Crippen molar-refractivity contribution in [3.8, 4) is 0 Å². The Morgan fingerprint density at radius 1 is 1.23 bits per heavy atom. The van der Waals surface area contributed by atoms with E-state index in [1.807, 2.05) is 25.7 Å². The summed E-state index contributed by atoms with van der Waals surface area (Å²) < 4.78 is 14.3. The van der Waals surface area contributed by atoms with Crippen molar-refractivity contribution in [1.29, 1.82) is 0 Å². The van der Waals surface area contributed by atoms with Gasteiger partial charge in [0.1, 0.15) is 17.5 Å². The van der Waals surface area contributed by atoms with E-state index in [2.05, 4.69) is 0 Å². The molecule has 6 nitrogen and oxygen atoms in total. The minimum Gasteiger partial charge on any atom is -0.342 e. The van der Waals surface area contributed by atoms with Gasteiger partial charge in [-0.3, -0.25) is 14.5 Å². The molecule has 0 saturated carbocycles. The van der Waals surface area contributed by atoms with Crippen LogP contribution in [0.1, 0.15) is 61.7 Å². The molecular weight excluding hydrogens is 395 g/mol. The van der Waals surface area contributed by atoms with Crippen LogP contribution in [0.4, 0.5) is 10.2 Å². The van der Waals surface area contributed by atoms with E-state index in [9.17, 15) is 14.0 Å². The number of carbonyl (C=O) groups excluding carboxylic acids is 2. The van der Waals surface area contributed by atoms with Gasteiger partial charge in [-0.05, 0) is 32.3 Å². The lowest BCUT2D eigenvalue weighted by atomic mass is 9.95. The molecule has 1 aromatic carbocycles. The van der Waals surface area contributed by atoms with Gasteiger partial charge in [-0.2, -0.15) is 0 Å². The van der Waals surface area contributed by atoms with Crippen LogP contribution in [0.15, 0.2) is 24.3 Å². The van der Waals surface area contributed by atoms with Crippen molar-refractivity contribution >= 4 is 17.6 Å². The molecule has 4 rings (SSSR count). The van der Waals surface area contributed by atoms with Gasteiger partial charge in [0.2, 0.25) is 11.8 Å². The number of benzene rings is 1. The van der Waals surface area contributed by atoms with E-state index in [-0.39, 0.29) is 36.0 Å². The highest BCUT2D eigenvalue weighted by atomic mass is 19.1. The van der Waals surface area contributed by atoms with Gasteiger partial charge >= 0.3 is 0 Å². The highest BCUT2D eigenvalue weighted by Crippen LogP contribution is 2.33. The second kappa shape index (κ2) is 8.73. The highest BCUT2D eigenvalue weighted by molar-refractivity contribution is 5.95. The van der Waals surface area contributed by atoms with Gasteiger partial charge in [-0.1, -0.05) is 32.0 Å². The minimum atomic E-state index is -0.330. The summed E-state index contributed by atoms with van der Waals surface area (Å²) in [4.78, 5) is 38.4. The van der Waals surface area contributed by atoms with Crippen LogP contribution in [-0.2, 0) is 22.6 Å². The monoisotopic (exact) mass is 424 g/mol. The van der Waals surface area contributed by atoms with Gasteiger partial charge in [0.05, 0.1) is 6.54 Å². The number of nitrogens with zero attached hydrogens (tertiary/aromatic N) is 4. The quantitative estimate of drug-likeness (QED) is 0.750. The summed E-state index contributed by atoms with van der Waals surface area (Å²) >= 11 is 0. The van der Waals surface area contributed by atoms with E-state index in [0.29, 0.717) is 36.6 Å². The SMILES string of the molecule is Cc1nc(C2CCCN(C(=O)C(C)C)C2)nc2c1CCC(=O)N2Cc1ccccc1F. The third kappa shape index (κ3) is 4.31. The molecule has 1 fully saturated rings. The molecular formula is C24H29FN4O2.